The number of carbonyl (C=O) groups is 1. The number of nitrogens with one attached hydrogen (secondary N) is 2. The van der Waals surface area contributed by atoms with E-state index < -0.39 is 0 Å². The first-order valence-electron chi connectivity index (χ1n) is 6.11. The number of anilines is 2. The average Bonchev–Trinajstić information content (AvgIpc) is 2.49. The molecule has 0 aliphatic carbocycles. The van der Waals surface area contributed by atoms with E-state index in [4.69, 9.17) is 0 Å². The number of rotatable bonds is 4. The van der Waals surface area contributed by atoms with Crippen LogP contribution in [0.4, 0.5) is 11.6 Å². The molecule has 20 heavy (non-hydrogen) atoms. The van der Waals surface area contributed by atoms with Gasteiger partial charge in [-0.15, -0.1) is 5.92 Å². The first-order chi connectivity index (χ1) is 9.79. The molecule has 5 nitrogen and oxygen atoms in total. The van der Waals surface area contributed by atoms with Gasteiger partial charge in [-0.1, -0.05) is 12.0 Å². The van der Waals surface area contributed by atoms with Gasteiger partial charge in [0.25, 0.3) is 5.91 Å². The van der Waals surface area contributed by atoms with Gasteiger partial charge in [-0.05, 0) is 31.2 Å². The van der Waals surface area contributed by atoms with Crippen molar-refractivity contribution in [2.75, 3.05) is 11.9 Å². The molecule has 1 amide bonds. The lowest BCUT2D eigenvalue weighted by Gasteiger charge is -2.06. The standard InChI is InChI=1S/C15H14N4O/c1-2-3-8-16-14(20)12-6-4-7-13(11-12)19-15-17-9-5-10-18-15/h4-7,9-11H,8H2,1H3,(H,16,20)(H,17,18,19). The van der Waals surface area contributed by atoms with Gasteiger partial charge >= 0.3 is 0 Å². The predicted octanol–water partition coefficient (Wildman–Crippen LogP) is 1.97. The van der Waals surface area contributed by atoms with E-state index in [9.17, 15) is 4.79 Å². The van der Waals surface area contributed by atoms with Crippen LogP contribution >= 0.6 is 0 Å². The number of carbonyl (C=O) groups excluding carboxylic acids is 1. The summed E-state index contributed by atoms with van der Waals surface area (Å²) >= 11 is 0. The number of benzene rings is 1. The van der Waals surface area contributed by atoms with E-state index in [0.29, 0.717) is 18.1 Å². The van der Waals surface area contributed by atoms with Crippen LogP contribution in [0.2, 0.25) is 0 Å². The molecule has 1 aromatic heterocycles. The smallest absolute Gasteiger partial charge is 0.252 e. The molecule has 0 spiro atoms. The molecule has 0 radical (unpaired) electrons. The van der Waals surface area contributed by atoms with E-state index in [1.54, 1.807) is 43.6 Å². The van der Waals surface area contributed by atoms with Crippen molar-refractivity contribution in [3.63, 3.8) is 0 Å². The summed E-state index contributed by atoms with van der Waals surface area (Å²) in [4.78, 5) is 20.0. The highest BCUT2D eigenvalue weighted by Crippen LogP contribution is 2.14. The highest BCUT2D eigenvalue weighted by molar-refractivity contribution is 5.95. The summed E-state index contributed by atoms with van der Waals surface area (Å²) in [6.07, 6.45) is 3.30. The molecule has 0 aliphatic rings. The Hall–Kier alpha value is -2.87. The van der Waals surface area contributed by atoms with Crippen LogP contribution in [0, 0.1) is 11.8 Å². The van der Waals surface area contributed by atoms with E-state index in [2.05, 4.69) is 32.4 Å². The summed E-state index contributed by atoms with van der Waals surface area (Å²) in [5.41, 5.74) is 1.31. The molecular weight excluding hydrogens is 252 g/mol. The molecule has 0 saturated carbocycles. The maximum Gasteiger partial charge on any atom is 0.252 e. The second-order valence-electron chi connectivity index (χ2n) is 3.89. The molecule has 2 rings (SSSR count). The quantitative estimate of drug-likeness (QED) is 0.830. The van der Waals surface area contributed by atoms with Gasteiger partial charge in [0.1, 0.15) is 0 Å². The van der Waals surface area contributed by atoms with Crippen molar-refractivity contribution < 1.29 is 4.79 Å². The van der Waals surface area contributed by atoms with Gasteiger partial charge < -0.3 is 10.6 Å². The van der Waals surface area contributed by atoms with Gasteiger partial charge in [-0.2, -0.15) is 0 Å². The van der Waals surface area contributed by atoms with Crippen LogP contribution in [0.1, 0.15) is 17.3 Å². The highest BCUT2D eigenvalue weighted by atomic mass is 16.1. The van der Waals surface area contributed by atoms with Crippen molar-refractivity contribution in [2.45, 2.75) is 6.92 Å². The number of amides is 1. The van der Waals surface area contributed by atoms with Crippen LogP contribution in [0.25, 0.3) is 0 Å². The summed E-state index contributed by atoms with van der Waals surface area (Å²) in [6, 6.07) is 8.87. The summed E-state index contributed by atoms with van der Waals surface area (Å²) < 4.78 is 0. The fraction of sp³-hybridized carbons (Fsp3) is 0.133. The highest BCUT2D eigenvalue weighted by Gasteiger charge is 2.05. The van der Waals surface area contributed by atoms with E-state index in [-0.39, 0.29) is 5.91 Å². The average molecular weight is 266 g/mol. The number of aromatic nitrogens is 2. The summed E-state index contributed by atoms with van der Waals surface area (Å²) in [7, 11) is 0. The fourth-order valence-electron chi connectivity index (χ4n) is 1.55. The molecule has 0 saturated heterocycles. The normalized spacial score (nSPS) is 9.25. The largest absolute Gasteiger partial charge is 0.341 e. The molecule has 100 valence electrons. The van der Waals surface area contributed by atoms with E-state index >= 15 is 0 Å². The monoisotopic (exact) mass is 266 g/mol. The summed E-state index contributed by atoms with van der Waals surface area (Å²) in [5, 5.41) is 5.76. The lowest BCUT2D eigenvalue weighted by molar-refractivity contribution is 0.0958. The fourth-order valence-corrected chi connectivity index (χ4v) is 1.55. The van der Waals surface area contributed by atoms with Crippen molar-refractivity contribution in [3.8, 4) is 11.8 Å². The Morgan fingerprint density at radius 1 is 1.25 bits per heavy atom. The van der Waals surface area contributed by atoms with Crippen molar-refractivity contribution in [1.29, 1.82) is 0 Å². The third-order valence-corrected chi connectivity index (χ3v) is 2.46. The number of hydrogen-bond acceptors (Lipinski definition) is 4. The summed E-state index contributed by atoms with van der Waals surface area (Å²) in [6.45, 7) is 2.07. The Morgan fingerprint density at radius 3 is 2.80 bits per heavy atom. The number of nitrogens with zero attached hydrogens (tertiary/aromatic N) is 2. The van der Waals surface area contributed by atoms with Gasteiger partial charge in [0.05, 0.1) is 6.54 Å². The van der Waals surface area contributed by atoms with Crippen LogP contribution in [0.3, 0.4) is 0 Å². The van der Waals surface area contributed by atoms with Crippen LogP contribution in [-0.4, -0.2) is 22.4 Å². The Balaban J connectivity index is 2.07. The SMILES string of the molecule is CC#CCNC(=O)c1cccc(Nc2ncccn2)c1. The lowest BCUT2D eigenvalue weighted by atomic mass is 10.2. The molecule has 0 unspecified atom stereocenters. The zero-order chi connectivity index (χ0) is 14.2. The van der Waals surface area contributed by atoms with Crippen LogP contribution in [0.5, 0.6) is 0 Å². The molecule has 0 fully saturated rings. The van der Waals surface area contributed by atoms with E-state index in [0.717, 1.165) is 5.69 Å². The first-order valence-corrected chi connectivity index (χ1v) is 6.11. The zero-order valence-corrected chi connectivity index (χ0v) is 11.1. The topological polar surface area (TPSA) is 66.9 Å². The molecular formula is C15H14N4O. The Kier molecular flexibility index (Phi) is 4.68. The molecule has 5 heteroatoms. The van der Waals surface area contributed by atoms with Crippen LogP contribution < -0.4 is 10.6 Å². The lowest BCUT2D eigenvalue weighted by Crippen LogP contribution is -2.23. The first kappa shape index (κ1) is 13.6. The second-order valence-corrected chi connectivity index (χ2v) is 3.89. The zero-order valence-electron chi connectivity index (χ0n) is 11.1. The van der Waals surface area contributed by atoms with E-state index in [1.807, 2.05) is 6.07 Å². The van der Waals surface area contributed by atoms with E-state index in [1.165, 1.54) is 0 Å². The maximum absolute atomic E-state index is 11.9. The van der Waals surface area contributed by atoms with Crippen molar-refractivity contribution in [2.24, 2.45) is 0 Å². The minimum absolute atomic E-state index is 0.162. The third-order valence-electron chi connectivity index (χ3n) is 2.46. The number of hydrogen-bond donors (Lipinski definition) is 2. The van der Waals surface area contributed by atoms with Gasteiger partial charge in [-0.3, -0.25) is 4.79 Å². The van der Waals surface area contributed by atoms with Gasteiger partial charge in [0.15, 0.2) is 0 Å². The van der Waals surface area contributed by atoms with Gasteiger partial charge in [-0.25, -0.2) is 9.97 Å². The van der Waals surface area contributed by atoms with Gasteiger partial charge in [0.2, 0.25) is 5.95 Å². The predicted molar refractivity (Wildman–Crippen MR) is 77.5 cm³/mol. The molecule has 2 aromatic rings. The van der Waals surface area contributed by atoms with Crippen LogP contribution in [0.15, 0.2) is 42.7 Å². The summed E-state index contributed by atoms with van der Waals surface area (Å²) in [5.74, 6) is 5.84. The molecule has 1 heterocycles. The third kappa shape index (κ3) is 3.82. The van der Waals surface area contributed by atoms with Crippen molar-refractivity contribution in [1.82, 2.24) is 15.3 Å². The molecule has 2 N–H and O–H groups in total. The minimum atomic E-state index is -0.162. The molecule has 0 bridgehead atoms. The maximum atomic E-state index is 11.9. The van der Waals surface area contributed by atoms with Crippen molar-refractivity contribution >= 4 is 17.5 Å². The Bertz CT molecular complexity index is 644. The van der Waals surface area contributed by atoms with Gasteiger partial charge in [0, 0.05) is 23.6 Å². The Morgan fingerprint density at radius 2 is 2.05 bits per heavy atom. The Labute approximate surface area is 117 Å². The molecule has 0 aliphatic heterocycles. The second kappa shape index (κ2) is 6.90. The molecule has 1 aromatic carbocycles. The van der Waals surface area contributed by atoms with Crippen molar-refractivity contribution in [3.05, 3.63) is 48.3 Å². The van der Waals surface area contributed by atoms with Crippen LogP contribution in [-0.2, 0) is 0 Å². The molecule has 0 atom stereocenters. The minimum Gasteiger partial charge on any atom is -0.341 e.